The maximum atomic E-state index is 11.2. The van der Waals surface area contributed by atoms with Crippen molar-refractivity contribution in [2.24, 2.45) is 5.73 Å². The molecule has 0 bridgehead atoms. The zero-order chi connectivity index (χ0) is 13.4. The van der Waals surface area contributed by atoms with Gasteiger partial charge in [0.2, 0.25) is 0 Å². The summed E-state index contributed by atoms with van der Waals surface area (Å²) in [6, 6.07) is 6.77. The summed E-state index contributed by atoms with van der Waals surface area (Å²) in [5.74, 6) is 0.104. The molecule has 2 N–H and O–H groups in total. The number of esters is 1. The number of nitrogens with two attached hydrogens (primary N) is 1. The number of benzene rings is 1. The van der Waals surface area contributed by atoms with Crippen LogP contribution in [0.4, 0.5) is 4.79 Å². The van der Waals surface area contributed by atoms with Crippen LogP contribution >= 0.6 is 0 Å². The van der Waals surface area contributed by atoms with E-state index in [9.17, 15) is 9.59 Å². The molecule has 0 spiro atoms. The summed E-state index contributed by atoms with van der Waals surface area (Å²) in [5.41, 5.74) is 5.82. The number of carbonyl (C=O) groups is 2. The third-order valence-electron chi connectivity index (χ3n) is 2.12. The second kappa shape index (κ2) is 7.11. The first kappa shape index (κ1) is 13.8. The van der Waals surface area contributed by atoms with Gasteiger partial charge in [0, 0.05) is 6.42 Å². The monoisotopic (exact) mass is 249 g/mol. The number of primary amides is 1. The Labute approximate surface area is 105 Å². The normalized spacial score (nSPS) is 9.56. The Hall–Kier alpha value is -2.30. The molecule has 0 saturated heterocycles. The number of hydrogen-bond acceptors (Lipinski definition) is 4. The van der Waals surface area contributed by atoms with Gasteiger partial charge in [-0.1, -0.05) is 24.8 Å². The number of aryl methyl sites for hydroxylation is 1. The zero-order valence-corrected chi connectivity index (χ0v) is 9.93. The molecule has 1 aromatic rings. The van der Waals surface area contributed by atoms with Crippen molar-refractivity contribution in [2.45, 2.75) is 12.8 Å². The Bertz CT molecular complexity index is 425. The van der Waals surface area contributed by atoms with Gasteiger partial charge in [-0.15, -0.1) is 0 Å². The standard InChI is InChI=1S/C13H15NO4/c1-2-9-17-12(15)8-5-10-3-6-11(7-4-10)18-13(14)16/h2-4,6-7H,1,5,8-9H2,(H2,14,16). The van der Waals surface area contributed by atoms with Crippen molar-refractivity contribution in [1.29, 1.82) is 0 Å². The van der Waals surface area contributed by atoms with E-state index in [2.05, 4.69) is 11.3 Å². The largest absolute Gasteiger partial charge is 0.461 e. The molecule has 1 aromatic carbocycles. The Morgan fingerprint density at radius 2 is 1.94 bits per heavy atom. The van der Waals surface area contributed by atoms with E-state index in [0.717, 1.165) is 5.56 Å². The van der Waals surface area contributed by atoms with Gasteiger partial charge in [0.1, 0.15) is 12.4 Å². The predicted molar refractivity (Wildman–Crippen MR) is 66.1 cm³/mol. The van der Waals surface area contributed by atoms with Gasteiger partial charge in [-0.25, -0.2) is 4.79 Å². The van der Waals surface area contributed by atoms with Gasteiger partial charge >= 0.3 is 12.1 Å². The molecular formula is C13H15NO4. The first-order valence-electron chi connectivity index (χ1n) is 5.44. The third kappa shape index (κ3) is 5.16. The average molecular weight is 249 g/mol. The molecule has 0 radical (unpaired) electrons. The zero-order valence-electron chi connectivity index (χ0n) is 9.93. The van der Waals surface area contributed by atoms with Gasteiger partial charge in [-0.2, -0.15) is 0 Å². The summed E-state index contributed by atoms with van der Waals surface area (Å²) >= 11 is 0. The van der Waals surface area contributed by atoms with Gasteiger partial charge in [0.15, 0.2) is 0 Å². The van der Waals surface area contributed by atoms with E-state index in [-0.39, 0.29) is 12.6 Å². The Morgan fingerprint density at radius 3 is 2.50 bits per heavy atom. The molecule has 1 amide bonds. The van der Waals surface area contributed by atoms with E-state index in [1.807, 2.05) is 0 Å². The van der Waals surface area contributed by atoms with Crippen LogP contribution in [-0.2, 0) is 16.0 Å². The van der Waals surface area contributed by atoms with Crippen LogP contribution in [0.25, 0.3) is 0 Å². The molecule has 0 unspecified atom stereocenters. The molecule has 0 aliphatic rings. The number of ether oxygens (including phenoxy) is 2. The fraction of sp³-hybridized carbons (Fsp3) is 0.231. The van der Waals surface area contributed by atoms with Crippen molar-refractivity contribution < 1.29 is 19.1 Å². The summed E-state index contributed by atoms with van der Waals surface area (Å²) in [6.07, 6.45) is 1.53. The van der Waals surface area contributed by atoms with Crippen LogP contribution < -0.4 is 10.5 Å². The minimum atomic E-state index is -0.851. The van der Waals surface area contributed by atoms with E-state index in [4.69, 9.17) is 10.5 Å². The number of carbonyl (C=O) groups excluding carboxylic acids is 2. The Morgan fingerprint density at radius 1 is 1.28 bits per heavy atom. The van der Waals surface area contributed by atoms with Gasteiger partial charge in [-0.3, -0.25) is 4.79 Å². The lowest BCUT2D eigenvalue weighted by molar-refractivity contribution is -0.142. The highest BCUT2D eigenvalue weighted by Gasteiger charge is 2.03. The second-order valence-electron chi connectivity index (χ2n) is 3.54. The Balaban J connectivity index is 2.41. The van der Waals surface area contributed by atoms with Crippen LogP contribution in [0.3, 0.4) is 0 Å². The van der Waals surface area contributed by atoms with Crippen molar-refractivity contribution in [3.63, 3.8) is 0 Å². The molecule has 0 aliphatic heterocycles. The summed E-state index contributed by atoms with van der Waals surface area (Å²) < 4.78 is 9.53. The van der Waals surface area contributed by atoms with Crippen LogP contribution in [0.15, 0.2) is 36.9 Å². The smallest absolute Gasteiger partial charge is 0.409 e. The second-order valence-corrected chi connectivity index (χ2v) is 3.54. The Kier molecular flexibility index (Phi) is 5.44. The fourth-order valence-electron chi connectivity index (χ4n) is 1.31. The average Bonchev–Trinajstić information content (AvgIpc) is 2.35. The van der Waals surface area contributed by atoms with E-state index >= 15 is 0 Å². The number of rotatable bonds is 6. The van der Waals surface area contributed by atoms with Crippen LogP contribution in [0.2, 0.25) is 0 Å². The molecule has 5 nitrogen and oxygen atoms in total. The van der Waals surface area contributed by atoms with E-state index in [1.54, 1.807) is 24.3 Å². The minimum absolute atomic E-state index is 0.226. The molecule has 5 heteroatoms. The third-order valence-corrected chi connectivity index (χ3v) is 2.12. The highest BCUT2D eigenvalue weighted by Crippen LogP contribution is 2.13. The van der Waals surface area contributed by atoms with Crippen molar-refractivity contribution in [1.82, 2.24) is 0 Å². The first-order valence-corrected chi connectivity index (χ1v) is 5.44. The molecule has 0 aliphatic carbocycles. The molecule has 1 rings (SSSR count). The molecular weight excluding hydrogens is 234 g/mol. The van der Waals surface area contributed by atoms with Crippen molar-refractivity contribution >= 4 is 12.1 Å². The van der Waals surface area contributed by atoms with Crippen molar-refractivity contribution in [3.8, 4) is 5.75 Å². The molecule has 0 fully saturated rings. The topological polar surface area (TPSA) is 78.6 Å². The summed E-state index contributed by atoms with van der Waals surface area (Å²) in [4.78, 5) is 21.7. The summed E-state index contributed by atoms with van der Waals surface area (Å²) in [7, 11) is 0. The van der Waals surface area contributed by atoms with Gasteiger partial charge in [-0.05, 0) is 24.1 Å². The summed E-state index contributed by atoms with van der Waals surface area (Å²) in [6.45, 7) is 3.68. The lowest BCUT2D eigenvalue weighted by Crippen LogP contribution is -2.16. The lowest BCUT2D eigenvalue weighted by atomic mass is 10.1. The fourth-order valence-corrected chi connectivity index (χ4v) is 1.31. The summed E-state index contributed by atoms with van der Waals surface area (Å²) in [5, 5.41) is 0. The van der Waals surface area contributed by atoms with E-state index < -0.39 is 6.09 Å². The van der Waals surface area contributed by atoms with Gasteiger partial charge in [0.25, 0.3) is 0 Å². The van der Waals surface area contributed by atoms with E-state index in [1.165, 1.54) is 6.08 Å². The van der Waals surface area contributed by atoms with Crippen molar-refractivity contribution in [3.05, 3.63) is 42.5 Å². The number of amides is 1. The minimum Gasteiger partial charge on any atom is -0.461 e. The van der Waals surface area contributed by atoms with Crippen LogP contribution in [0.5, 0.6) is 5.75 Å². The quantitative estimate of drug-likeness (QED) is 0.616. The highest BCUT2D eigenvalue weighted by molar-refractivity contribution is 5.70. The molecule has 0 saturated carbocycles. The lowest BCUT2D eigenvalue weighted by Gasteiger charge is -2.04. The van der Waals surface area contributed by atoms with Crippen molar-refractivity contribution in [2.75, 3.05) is 6.61 Å². The molecule has 0 atom stereocenters. The highest BCUT2D eigenvalue weighted by atomic mass is 16.5. The molecule has 0 aromatic heterocycles. The van der Waals surface area contributed by atoms with Crippen LogP contribution in [-0.4, -0.2) is 18.7 Å². The SMILES string of the molecule is C=CCOC(=O)CCc1ccc(OC(N)=O)cc1. The van der Waals surface area contributed by atoms with Crippen LogP contribution in [0, 0.1) is 0 Å². The number of hydrogen-bond donors (Lipinski definition) is 1. The predicted octanol–water partition coefficient (Wildman–Crippen LogP) is 1.81. The first-order chi connectivity index (χ1) is 8.61. The molecule has 96 valence electrons. The van der Waals surface area contributed by atoms with Crippen LogP contribution in [0.1, 0.15) is 12.0 Å². The molecule has 0 heterocycles. The van der Waals surface area contributed by atoms with Gasteiger partial charge < -0.3 is 15.2 Å². The maximum absolute atomic E-state index is 11.2. The van der Waals surface area contributed by atoms with Gasteiger partial charge in [0.05, 0.1) is 0 Å². The maximum Gasteiger partial charge on any atom is 0.409 e. The molecule has 18 heavy (non-hydrogen) atoms. The van der Waals surface area contributed by atoms with E-state index in [0.29, 0.717) is 18.6 Å².